The lowest BCUT2D eigenvalue weighted by atomic mass is 9.67. The fraction of sp³-hybridized carbons (Fsp3) is 0.111. The van der Waals surface area contributed by atoms with Crippen LogP contribution in [-0.2, 0) is 10.8 Å². The van der Waals surface area contributed by atoms with Crippen LogP contribution < -0.4 is 9.64 Å². The molecule has 0 spiro atoms. The third-order valence-corrected chi connectivity index (χ3v) is 12.4. The predicted octanol–water partition coefficient (Wildman–Crippen LogP) is 14.6. The van der Waals surface area contributed by atoms with Crippen LogP contribution in [-0.4, -0.2) is 0 Å². The Morgan fingerprint density at radius 1 is 0.375 bits per heavy atom. The van der Waals surface area contributed by atoms with E-state index in [1.807, 2.05) is 0 Å². The van der Waals surface area contributed by atoms with E-state index in [1.165, 1.54) is 66.8 Å². The summed E-state index contributed by atoms with van der Waals surface area (Å²) in [5, 5.41) is 0. The van der Waals surface area contributed by atoms with Gasteiger partial charge in [-0.05, 0) is 118 Å². The number of para-hydroxylation sites is 2. The molecule has 1 heterocycles. The first-order valence-electron chi connectivity index (χ1n) is 19.6. The van der Waals surface area contributed by atoms with E-state index in [4.69, 9.17) is 4.74 Å². The zero-order valence-corrected chi connectivity index (χ0v) is 32.3. The monoisotopic (exact) mass is 721 g/mol. The van der Waals surface area contributed by atoms with Crippen molar-refractivity contribution in [2.45, 2.75) is 38.5 Å². The second-order valence-electron chi connectivity index (χ2n) is 15.9. The van der Waals surface area contributed by atoms with Gasteiger partial charge in [0.15, 0.2) is 0 Å². The number of hydrogen-bond acceptors (Lipinski definition) is 2. The van der Waals surface area contributed by atoms with Crippen LogP contribution in [0, 0.1) is 6.92 Å². The molecule has 8 aromatic carbocycles. The topological polar surface area (TPSA) is 12.5 Å². The molecule has 2 aliphatic rings. The fourth-order valence-electron chi connectivity index (χ4n) is 9.48. The quantitative estimate of drug-likeness (QED) is 0.169. The van der Waals surface area contributed by atoms with Gasteiger partial charge in [-0.15, -0.1) is 0 Å². The second-order valence-corrected chi connectivity index (χ2v) is 15.9. The number of nitrogens with zero attached hydrogens (tertiary/aromatic N) is 1. The molecule has 0 unspecified atom stereocenters. The van der Waals surface area contributed by atoms with E-state index in [1.54, 1.807) is 0 Å². The van der Waals surface area contributed by atoms with Crippen LogP contribution in [0.2, 0.25) is 0 Å². The maximum atomic E-state index is 6.43. The van der Waals surface area contributed by atoms with Crippen LogP contribution in [0.25, 0.3) is 33.4 Å². The molecule has 270 valence electrons. The Kier molecular flexibility index (Phi) is 7.87. The number of anilines is 3. The first-order valence-corrected chi connectivity index (χ1v) is 19.6. The third kappa shape index (κ3) is 5.24. The summed E-state index contributed by atoms with van der Waals surface area (Å²) in [7, 11) is 0. The van der Waals surface area contributed by atoms with Crippen molar-refractivity contribution < 1.29 is 4.74 Å². The molecule has 0 saturated heterocycles. The molecule has 0 fully saturated rings. The Hall–Kier alpha value is -6.64. The van der Waals surface area contributed by atoms with E-state index in [0.717, 1.165) is 28.6 Å². The van der Waals surface area contributed by atoms with E-state index in [9.17, 15) is 0 Å². The van der Waals surface area contributed by atoms with Crippen LogP contribution in [0.5, 0.6) is 11.5 Å². The molecule has 8 aromatic rings. The molecule has 0 saturated carbocycles. The molecule has 0 radical (unpaired) electrons. The molecule has 1 aliphatic heterocycles. The molecule has 56 heavy (non-hydrogen) atoms. The molecule has 1 aliphatic carbocycles. The summed E-state index contributed by atoms with van der Waals surface area (Å²) in [6.07, 6.45) is 0. The number of benzene rings is 8. The van der Waals surface area contributed by atoms with Gasteiger partial charge in [0.2, 0.25) is 0 Å². The number of hydrogen-bond donors (Lipinski definition) is 0. The zero-order valence-electron chi connectivity index (χ0n) is 32.3. The number of fused-ring (bicyclic) bond motifs is 5. The Labute approximate surface area is 330 Å². The van der Waals surface area contributed by atoms with E-state index in [0.29, 0.717) is 0 Å². The Balaban J connectivity index is 1.07. The number of ether oxygens (including phenoxy) is 1. The second kappa shape index (κ2) is 13.0. The van der Waals surface area contributed by atoms with Gasteiger partial charge in [-0.25, -0.2) is 0 Å². The van der Waals surface area contributed by atoms with E-state index >= 15 is 0 Å². The van der Waals surface area contributed by atoms with Gasteiger partial charge >= 0.3 is 0 Å². The highest BCUT2D eigenvalue weighted by atomic mass is 16.5. The lowest BCUT2D eigenvalue weighted by Gasteiger charge is -2.39. The Morgan fingerprint density at radius 2 is 0.857 bits per heavy atom. The molecule has 2 heteroatoms. The van der Waals surface area contributed by atoms with Gasteiger partial charge in [0.1, 0.15) is 11.5 Å². The molecule has 10 rings (SSSR count). The van der Waals surface area contributed by atoms with Gasteiger partial charge < -0.3 is 9.64 Å². The van der Waals surface area contributed by atoms with E-state index in [-0.39, 0.29) is 10.8 Å². The van der Waals surface area contributed by atoms with Crippen molar-refractivity contribution in [3.05, 3.63) is 221 Å². The molecular weight excluding hydrogens is 679 g/mol. The van der Waals surface area contributed by atoms with Crippen molar-refractivity contribution in [2.24, 2.45) is 0 Å². The van der Waals surface area contributed by atoms with Crippen LogP contribution in [0.3, 0.4) is 0 Å². The Morgan fingerprint density at radius 3 is 1.52 bits per heavy atom. The molecular formula is C54H43NO. The van der Waals surface area contributed by atoms with Crippen molar-refractivity contribution in [1.82, 2.24) is 0 Å². The molecule has 0 bridgehead atoms. The molecule has 0 aromatic heterocycles. The standard InChI is InChI=1S/C54H43NO/c1-36-43(18-14-22-46(36)54(4)48-20-10-12-23-51(48)56-52-24-13-11-21-49(52)54)39-27-31-41(32-28-39)55(40-29-25-38(26-30-40)37-15-6-5-7-16-37)42-33-34-45-44-17-8-9-19-47(44)53(2,3)50(45)35-42/h5-35H,1-4H3. The van der Waals surface area contributed by atoms with Crippen molar-refractivity contribution >= 4 is 17.1 Å². The smallest absolute Gasteiger partial charge is 0.131 e. The maximum Gasteiger partial charge on any atom is 0.131 e. The third-order valence-electron chi connectivity index (χ3n) is 12.4. The first kappa shape index (κ1) is 33.9. The highest BCUT2D eigenvalue weighted by Crippen LogP contribution is 2.53. The summed E-state index contributed by atoms with van der Waals surface area (Å²) >= 11 is 0. The summed E-state index contributed by atoms with van der Waals surface area (Å²) in [5.41, 5.74) is 18.1. The van der Waals surface area contributed by atoms with Crippen LogP contribution >= 0.6 is 0 Å². The normalized spacial score (nSPS) is 14.1. The van der Waals surface area contributed by atoms with Crippen molar-refractivity contribution in [1.29, 1.82) is 0 Å². The lowest BCUT2D eigenvalue weighted by molar-refractivity contribution is 0.427. The first-order chi connectivity index (χ1) is 27.3. The van der Waals surface area contributed by atoms with Gasteiger partial charge in [0.05, 0.1) is 0 Å². The van der Waals surface area contributed by atoms with Crippen LogP contribution in [0.15, 0.2) is 188 Å². The highest BCUT2D eigenvalue weighted by Gasteiger charge is 2.41. The summed E-state index contributed by atoms with van der Waals surface area (Å²) in [6, 6.07) is 68.3. The minimum Gasteiger partial charge on any atom is -0.457 e. The highest BCUT2D eigenvalue weighted by molar-refractivity contribution is 5.86. The van der Waals surface area contributed by atoms with Crippen molar-refractivity contribution in [3.63, 3.8) is 0 Å². The molecule has 2 nitrogen and oxygen atoms in total. The molecule has 0 atom stereocenters. The van der Waals surface area contributed by atoms with Gasteiger partial charge in [0, 0.05) is 39.0 Å². The average molecular weight is 722 g/mol. The number of rotatable bonds is 6. The lowest BCUT2D eigenvalue weighted by Crippen LogP contribution is -2.30. The summed E-state index contributed by atoms with van der Waals surface area (Å²) < 4.78 is 6.43. The van der Waals surface area contributed by atoms with Crippen molar-refractivity contribution in [2.75, 3.05) is 4.90 Å². The molecule has 0 amide bonds. The zero-order chi connectivity index (χ0) is 38.0. The van der Waals surface area contributed by atoms with Gasteiger partial charge in [-0.3, -0.25) is 0 Å². The predicted molar refractivity (Wildman–Crippen MR) is 233 cm³/mol. The maximum absolute atomic E-state index is 6.43. The van der Waals surface area contributed by atoms with E-state index in [2.05, 4.69) is 221 Å². The minimum atomic E-state index is -0.380. The fourth-order valence-corrected chi connectivity index (χ4v) is 9.48. The Bertz CT molecular complexity index is 2710. The summed E-state index contributed by atoms with van der Waals surface area (Å²) in [4.78, 5) is 2.40. The summed E-state index contributed by atoms with van der Waals surface area (Å²) in [5.74, 6) is 1.83. The van der Waals surface area contributed by atoms with Crippen molar-refractivity contribution in [3.8, 4) is 44.9 Å². The largest absolute Gasteiger partial charge is 0.457 e. The van der Waals surface area contributed by atoms with Gasteiger partial charge in [-0.1, -0.05) is 153 Å². The van der Waals surface area contributed by atoms with Crippen LogP contribution in [0.1, 0.15) is 54.2 Å². The van der Waals surface area contributed by atoms with Gasteiger partial charge in [0.25, 0.3) is 0 Å². The molecule has 0 N–H and O–H groups in total. The van der Waals surface area contributed by atoms with E-state index < -0.39 is 0 Å². The SMILES string of the molecule is Cc1c(-c2ccc(N(c3ccc(-c4ccccc4)cc3)c3ccc4c(c3)C(C)(C)c3ccccc3-4)cc2)cccc1C1(C)c2ccccc2Oc2ccccc21. The van der Waals surface area contributed by atoms with Gasteiger partial charge in [-0.2, -0.15) is 0 Å². The average Bonchev–Trinajstić information content (AvgIpc) is 3.47. The minimum absolute atomic E-state index is 0.0979. The summed E-state index contributed by atoms with van der Waals surface area (Å²) in [6.45, 7) is 9.32. The van der Waals surface area contributed by atoms with Crippen LogP contribution in [0.4, 0.5) is 17.1 Å².